The number of rotatable bonds is 2. The van der Waals surface area contributed by atoms with Crippen LogP contribution in [-0.2, 0) is 0 Å². The molecule has 3 rings (SSSR count). The van der Waals surface area contributed by atoms with Crippen LogP contribution in [-0.4, -0.2) is 15.2 Å². The fourth-order valence-corrected chi connectivity index (χ4v) is 1.96. The van der Waals surface area contributed by atoms with E-state index < -0.39 is 0 Å². The Morgan fingerprint density at radius 2 is 1.94 bits per heavy atom. The highest BCUT2D eigenvalue weighted by molar-refractivity contribution is 6.30. The van der Waals surface area contributed by atoms with Gasteiger partial charge < -0.3 is 4.40 Å². The average Bonchev–Trinajstić information content (AvgIpc) is 2.81. The Morgan fingerprint density at radius 1 is 1.17 bits per heavy atom. The molecule has 88 valence electrons. The highest BCUT2D eigenvalue weighted by Gasteiger charge is 2.12. The topological polar surface area (TPSA) is 34.4 Å². The average molecular weight is 257 g/mol. The molecular formula is C14H9ClN2O. The van der Waals surface area contributed by atoms with Crippen LogP contribution >= 0.6 is 11.6 Å². The molecule has 0 saturated heterocycles. The summed E-state index contributed by atoms with van der Waals surface area (Å²) in [4.78, 5) is 16.5. The minimum atomic E-state index is -0.0876. The summed E-state index contributed by atoms with van der Waals surface area (Å²) in [5, 5.41) is 0.604. The van der Waals surface area contributed by atoms with Gasteiger partial charge in [0, 0.05) is 29.0 Å². The molecule has 1 aromatic carbocycles. The predicted molar refractivity (Wildman–Crippen MR) is 70.1 cm³/mol. The Balaban J connectivity index is 2.07. The summed E-state index contributed by atoms with van der Waals surface area (Å²) in [6, 6.07) is 12.6. The summed E-state index contributed by atoms with van der Waals surface area (Å²) in [5.41, 5.74) is 1.72. The van der Waals surface area contributed by atoms with E-state index in [0.29, 0.717) is 21.9 Å². The first kappa shape index (κ1) is 11.0. The van der Waals surface area contributed by atoms with Crippen LogP contribution in [0.4, 0.5) is 0 Å². The van der Waals surface area contributed by atoms with Crippen molar-refractivity contribution >= 4 is 23.0 Å². The van der Waals surface area contributed by atoms with Crippen LogP contribution in [0.5, 0.6) is 0 Å². The monoisotopic (exact) mass is 256 g/mol. The molecule has 0 saturated carbocycles. The standard InChI is InChI=1S/C14H9ClN2O/c15-11-6-7-17-9-12(16-13(17)8-11)14(18)10-4-2-1-3-5-10/h1-9H. The lowest BCUT2D eigenvalue weighted by Gasteiger charge is -1.94. The SMILES string of the molecule is O=C(c1ccccc1)c1cn2ccc(Cl)cc2n1. The zero-order valence-electron chi connectivity index (χ0n) is 9.38. The van der Waals surface area contributed by atoms with Crippen LogP contribution in [0.1, 0.15) is 16.1 Å². The molecule has 0 aliphatic carbocycles. The summed E-state index contributed by atoms with van der Waals surface area (Å²) >= 11 is 5.89. The van der Waals surface area contributed by atoms with E-state index in [0.717, 1.165) is 0 Å². The number of ketones is 1. The van der Waals surface area contributed by atoms with Gasteiger partial charge in [0.05, 0.1) is 0 Å². The lowest BCUT2D eigenvalue weighted by atomic mass is 10.1. The van der Waals surface area contributed by atoms with E-state index >= 15 is 0 Å². The molecule has 0 atom stereocenters. The molecule has 3 aromatic rings. The third kappa shape index (κ3) is 1.89. The third-order valence-corrected chi connectivity index (χ3v) is 2.93. The summed E-state index contributed by atoms with van der Waals surface area (Å²) in [7, 11) is 0. The molecule has 3 nitrogen and oxygen atoms in total. The van der Waals surface area contributed by atoms with Gasteiger partial charge in [0.15, 0.2) is 0 Å². The van der Waals surface area contributed by atoms with Crippen molar-refractivity contribution in [3.8, 4) is 0 Å². The quantitative estimate of drug-likeness (QED) is 0.660. The van der Waals surface area contributed by atoms with Crippen molar-refractivity contribution < 1.29 is 4.79 Å². The van der Waals surface area contributed by atoms with Crippen molar-refractivity contribution in [2.75, 3.05) is 0 Å². The first-order valence-corrected chi connectivity index (χ1v) is 5.86. The van der Waals surface area contributed by atoms with Gasteiger partial charge in [-0.1, -0.05) is 41.9 Å². The van der Waals surface area contributed by atoms with E-state index in [2.05, 4.69) is 4.98 Å². The maximum Gasteiger partial charge on any atom is 0.212 e. The summed E-state index contributed by atoms with van der Waals surface area (Å²) in [6.07, 6.45) is 3.49. The van der Waals surface area contributed by atoms with Crippen LogP contribution in [0.3, 0.4) is 0 Å². The van der Waals surface area contributed by atoms with Crippen LogP contribution in [0, 0.1) is 0 Å². The summed E-state index contributed by atoms with van der Waals surface area (Å²) in [5.74, 6) is -0.0876. The molecule has 0 spiro atoms. The van der Waals surface area contributed by atoms with Gasteiger partial charge in [0.1, 0.15) is 11.3 Å². The van der Waals surface area contributed by atoms with Gasteiger partial charge in [-0.05, 0) is 6.07 Å². The second-order valence-corrected chi connectivity index (χ2v) is 4.37. The molecule has 0 aliphatic heterocycles. The second-order valence-electron chi connectivity index (χ2n) is 3.93. The Labute approximate surface area is 109 Å². The Bertz CT molecular complexity index is 719. The van der Waals surface area contributed by atoms with Crippen LogP contribution in [0.15, 0.2) is 54.9 Å². The molecule has 0 aliphatic rings. The smallest absolute Gasteiger partial charge is 0.212 e. The minimum absolute atomic E-state index is 0.0876. The Kier molecular flexibility index (Phi) is 2.61. The molecule has 0 fully saturated rings. The number of carbonyl (C=O) groups is 1. The lowest BCUT2D eigenvalue weighted by Crippen LogP contribution is -2.00. The zero-order valence-corrected chi connectivity index (χ0v) is 10.1. The summed E-state index contributed by atoms with van der Waals surface area (Å²) in [6.45, 7) is 0. The highest BCUT2D eigenvalue weighted by Crippen LogP contribution is 2.14. The largest absolute Gasteiger partial charge is 0.306 e. The third-order valence-electron chi connectivity index (χ3n) is 2.69. The molecular weight excluding hydrogens is 248 g/mol. The number of pyridine rings is 1. The number of halogens is 1. The van der Waals surface area contributed by atoms with Gasteiger partial charge in [-0.2, -0.15) is 0 Å². The van der Waals surface area contributed by atoms with E-state index in [-0.39, 0.29) is 5.78 Å². The van der Waals surface area contributed by atoms with E-state index in [1.54, 1.807) is 41.1 Å². The van der Waals surface area contributed by atoms with Crippen molar-refractivity contribution in [2.24, 2.45) is 0 Å². The molecule has 0 unspecified atom stereocenters. The Morgan fingerprint density at radius 3 is 2.72 bits per heavy atom. The fraction of sp³-hybridized carbons (Fsp3) is 0. The van der Waals surface area contributed by atoms with Crippen molar-refractivity contribution in [1.82, 2.24) is 9.38 Å². The van der Waals surface area contributed by atoms with Crippen LogP contribution < -0.4 is 0 Å². The maximum absolute atomic E-state index is 12.2. The van der Waals surface area contributed by atoms with Gasteiger partial charge in [0.2, 0.25) is 5.78 Å². The normalized spacial score (nSPS) is 10.7. The predicted octanol–water partition coefficient (Wildman–Crippen LogP) is 3.22. The zero-order chi connectivity index (χ0) is 12.5. The molecule has 18 heavy (non-hydrogen) atoms. The first-order valence-electron chi connectivity index (χ1n) is 5.48. The van der Waals surface area contributed by atoms with Gasteiger partial charge >= 0.3 is 0 Å². The molecule has 4 heteroatoms. The number of hydrogen-bond acceptors (Lipinski definition) is 2. The number of aromatic nitrogens is 2. The molecule has 0 N–H and O–H groups in total. The van der Waals surface area contributed by atoms with E-state index in [9.17, 15) is 4.79 Å². The first-order chi connectivity index (χ1) is 8.74. The van der Waals surface area contributed by atoms with Gasteiger partial charge in [-0.3, -0.25) is 4.79 Å². The number of fused-ring (bicyclic) bond motifs is 1. The van der Waals surface area contributed by atoms with Gasteiger partial charge in [-0.15, -0.1) is 0 Å². The number of nitrogens with zero attached hydrogens (tertiary/aromatic N) is 2. The van der Waals surface area contributed by atoms with E-state index in [1.165, 1.54) is 0 Å². The van der Waals surface area contributed by atoms with Crippen LogP contribution in [0.2, 0.25) is 5.02 Å². The maximum atomic E-state index is 12.2. The number of benzene rings is 1. The second kappa shape index (κ2) is 4.27. The molecule has 0 bridgehead atoms. The van der Waals surface area contributed by atoms with Crippen molar-refractivity contribution in [2.45, 2.75) is 0 Å². The Hall–Kier alpha value is -2.13. The van der Waals surface area contributed by atoms with Crippen LogP contribution in [0.25, 0.3) is 5.65 Å². The number of imidazole rings is 1. The highest BCUT2D eigenvalue weighted by atomic mass is 35.5. The number of hydrogen-bond donors (Lipinski definition) is 0. The lowest BCUT2D eigenvalue weighted by molar-refractivity contribution is 0.103. The van der Waals surface area contributed by atoms with Gasteiger partial charge in [0.25, 0.3) is 0 Å². The molecule has 2 aromatic heterocycles. The van der Waals surface area contributed by atoms with E-state index in [4.69, 9.17) is 11.6 Å². The summed E-state index contributed by atoms with van der Waals surface area (Å²) < 4.78 is 1.78. The molecule has 2 heterocycles. The minimum Gasteiger partial charge on any atom is -0.306 e. The van der Waals surface area contributed by atoms with E-state index in [1.807, 2.05) is 18.2 Å². The fourth-order valence-electron chi connectivity index (χ4n) is 1.80. The molecule has 0 radical (unpaired) electrons. The van der Waals surface area contributed by atoms with Crippen molar-refractivity contribution in [3.63, 3.8) is 0 Å². The molecule has 0 amide bonds. The van der Waals surface area contributed by atoms with Crippen molar-refractivity contribution in [3.05, 3.63) is 71.1 Å². The van der Waals surface area contributed by atoms with Crippen molar-refractivity contribution in [1.29, 1.82) is 0 Å². The number of carbonyl (C=O) groups excluding carboxylic acids is 1. The van der Waals surface area contributed by atoms with Gasteiger partial charge in [-0.25, -0.2) is 4.98 Å².